The van der Waals surface area contributed by atoms with Gasteiger partial charge in [-0.3, -0.25) is 19.8 Å². The van der Waals surface area contributed by atoms with E-state index in [1.54, 1.807) is 6.07 Å². The van der Waals surface area contributed by atoms with Crippen molar-refractivity contribution < 1.29 is 24.7 Å². The van der Waals surface area contributed by atoms with Crippen molar-refractivity contribution in [3.05, 3.63) is 33.4 Å². The van der Waals surface area contributed by atoms with Gasteiger partial charge in [-0.1, -0.05) is 0 Å². The van der Waals surface area contributed by atoms with Crippen LogP contribution in [0.4, 0.5) is 5.69 Å². The molecule has 108 valence electrons. The minimum absolute atomic E-state index is 0.0448. The number of nitro groups is 1. The molecule has 1 saturated heterocycles. The number of aromatic hydroxyl groups is 2. The van der Waals surface area contributed by atoms with Crippen molar-refractivity contribution in [2.75, 3.05) is 13.5 Å². The molecule has 2 N–H and O–H groups in total. The van der Waals surface area contributed by atoms with Crippen molar-refractivity contribution in [3.8, 4) is 17.6 Å². The Balaban J connectivity index is 2.41. The summed E-state index contributed by atoms with van der Waals surface area (Å²) in [6.45, 7) is 0.137. The number of amides is 1. The maximum absolute atomic E-state index is 11.8. The van der Waals surface area contributed by atoms with Crippen molar-refractivity contribution in [1.29, 1.82) is 5.26 Å². The summed E-state index contributed by atoms with van der Waals surface area (Å²) in [5.41, 5.74) is -0.945. The molecule has 9 heteroatoms. The molecule has 0 bridgehead atoms. The Labute approximate surface area is 118 Å². The monoisotopic (exact) mass is 291 g/mol. The molecule has 9 nitrogen and oxygen atoms in total. The average Bonchev–Trinajstić information content (AvgIpc) is 2.37. The number of carbonyl (C=O) groups excluding carboxylic acids is 1. The van der Waals surface area contributed by atoms with Crippen LogP contribution in [0.5, 0.6) is 11.5 Å². The number of phenols is 2. The van der Waals surface area contributed by atoms with Gasteiger partial charge in [0.05, 0.1) is 4.92 Å². The fourth-order valence-electron chi connectivity index (χ4n) is 1.63. The summed E-state index contributed by atoms with van der Waals surface area (Å²) in [5.74, 6) is -2.18. The molecule has 21 heavy (non-hydrogen) atoms. The lowest BCUT2D eigenvalue weighted by molar-refractivity contribution is -0.386. The second-order valence-corrected chi connectivity index (χ2v) is 4.14. The first-order valence-electron chi connectivity index (χ1n) is 5.63. The average molecular weight is 291 g/mol. The van der Waals surface area contributed by atoms with Gasteiger partial charge >= 0.3 is 5.69 Å². The molecule has 1 aliphatic heterocycles. The Morgan fingerprint density at radius 1 is 1.48 bits per heavy atom. The highest BCUT2D eigenvalue weighted by Crippen LogP contribution is 2.36. The summed E-state index contributed by atoms with van der Waals surface area (Å²) >= 11 is 0. The van der Waals surface area contributed by atoms with Crippen LogP contribution in [0.2, 0.25) is 0 Å². The quantitative estimate of drug-likeness (QED) is 0.274. The highest BCUT2D eigenvalue weighted by atomic mass is 16.6. The number of nitro benzene ring substituents is 1. The Kier molecular flexibility index (Phi) is 3.73. The fraction of sp³-hybridized carbons (Fsp3) is 0.167. The molecule has 1 aliphatic rings. The largest absolute Gasteiger partial charge is 0.504 e. The molecule has 0 aliphatic carbocycles. The summed E-state index contributed by atoms with van der Waals surface area (Å²) < 4.78 is 4.79. The van der Waals surface area contributed by atoms with E-state index in [9.17, 15) is 25.1 Å². The summed E-state index contributed by atoms with van der Waals surface area (Å²) in [7, 11) is 0. The SMILES string of the molecule is N#C/C(=C\c1cc(O)c(O)c([N+](=O)[O-])c1)C(=O)N1COC1. The zero-order valence-corrected chi connectivity index (χ0v) is 10.5. The number of nitrogens with zero attached hydrogens (tertiary/aromatic N) is 3. The van der Waals surface area contributed by atoms with Gasteiger partial charge in [0.1, 0.15) is 25.1 Å². The van der Waals surface area contributed by atoms with Crippen LogP contribution in [0.15, 0.2) is 17.7 Å². The molecule has 1 fully saturated rings. The second-order valence-electron chi connectivity index (χ2n) is 4.14. The third-order valence-electron chi connectivity index (χ3n) is 2.73. The van der Waals surface area contributed by atoms with E-state index in [0.29, 0.717) is 0 Å². The van der Waals surface area contributed by atoms with Gasteiger partial charge in [-0.2, -0.15) is 5.26 Å². The summed E-state index contributed by atoms with van der Waals surface area (Å²) in [6.07, 6.45) is 1.09. The van der Waals surface area contributed by atoms with Crippen LogP contribution >= 0.6 is 0 Å². The number of rotatable bonds is 3. The third kappa shape index (κ3) is 2.75. The van der Waals surface area contributed by atoms with E-state index in [1.807, 2.05) is 0 Å². The number of benzene rings is 1. The topological polar surface area (TPSA) is 137 Å². The zero-order chi connectivity index (χ0) is 15.6. The summed E-state index contributed by atoms with van der Waals surface area (Å²) in [5, 5.41) is 38.5. The van der Waals surface area contributed by atoms with E-state index in [1.165, 1.54) is 4.90 Å². The Morgan fingerprint density at radius 2 is 2.14 bits per heavy atom. The zero-order valence-electron chi connectivity index (χ0n) is 10.5. The Bertz CT molecular complexity index is 687. The number of nitriles is 1. The maximum Gasteiger partial charge on any atom is 0.315 e. The molecule has 1 aromatic rings. The van der Waals surface area contributed by atoms with Gasteiger partial charge in [0.15, 0.2) is 5.75 Å². The predicted molar refractivity (Wildman–Crippen MR) is 67.7 cm³/mol. The maximum atomic E-state index is 11.8. The predicted octanol–water partition coefficient (Wildman–Crippen LogP) is 0.687. The van der Waals surface area contributed by atoms with Gasteiger partial charge in [0.2, 0.25) is 5.75 Å². The molecule has 0 unspecified atom stereocenters. The van der Waals surface area contributed by atoms with Crippen LogP contribution in [-0.2, 0) is 9.53 Å². The second kappa shape index (κ2) is 5.48. The molecule has 1 aromatic carbocycles. The van der Waals surface area contributed by atoms with Gasteiger partial charge in [-0.15, -0.1) is 0 Å². The lowest BCUT2D eigenvalue weighted by Gasteiger charge is -2.30. The number of phenolic OH excluding ortho intramolecular Hbond substituents is 2. The molecule has 0 radical (unpaired) electrons. The van der Waals surface area contributed by atoms with Crippen LogP contribution < -0.4 is 0 Å². The normalized spacial score (nSPS) is 14.2. The van der Waals surface area contributed by atoms with E-state index in [0.717, 1.165) is 18.2 Å². The van der Waals surface area contributed by atoms with Crippen molar-refractivity contribution in [1.82, 2.24) is 4.90 Å². The van der Waals surface area contributed by atoms with Gasteiger partial charge in [-0.25, -0.2) is 0 Å². The van der Waals surface area contributed by atoms with Gasteiger partial charge in [-0.05, 0) is 17.7 Å². The van der Waals surface area contributed by atoms with Gasteiger partial charge in [0, 0.05) is 6.07 Å². The lowest BCUT2D eigenvalue weighted by atomic mass is 10.1. The van der Waals surface area contributed by atoms with Gasteiger partial charge < -0.3 is 14.9 Å². The molecular weight excluding hydrogens is 282 g/mol. The number of ether oxygens (including phenoxy) is 1. The number of hydrogen-bond acceptors (Lipinski definition) is 7. The third-order valence-corrected chi connectivity index (χ3v) is 2.73. The molecule has 0 saturated carbocycles. The molecule has 0 aromatic heterocycles. The molecular formula is C12H9N3O6. The van der Waals surface area contributed by atoms with Crippen molar-refractivity contribution in [3.63, 3.8) is 0 Å². The van der Waals surface area contributed by atoms with Crippen molar-refractivity contribution in [2.24, 2.45) is 0 Å². The number of carbonyl (C=O) groups is 1. The number of hydrogen-bond donors (Lipinski definition) is 2. The van der Waals surface area contributed by atoms with E-state index >= 15 is 0 Å². The first-order chi connectivity index (χ1) is 9.93. The Hall–Kier alpha value is -3.12. The lowest BCUT2D eigenvalue weighted by Crippen LogP contribution is -2.44. The minimum Gasteiger partial charge on any atom is -0.504 e. The first kappa shape index (κ1) is 14.3. The van der Waals surface area contributed by atoms with Crippen LogP contribution in [0.25, 0.3) is 6.08 Å². The van der Waals surface area contributed by atoms with Crippen LogP contribution in [0, 0.1) is 21.4 Å². The van der Waals surface area contributed by atoms with E-state index in [4.69, 9.17) is 10.00 Å². The van der Waals surface area contributed by atoms with Crippen molar-refractivity contribution >= 4 is 17.7 Å². The standard InChI is InChI=1S/C12H9N3O6/c13-4-8(12(18)14-5-21-6-14)1-7-2-9(15(19)20)11(17)10(16)3-7/h1-3,16-17H,5-6H2/b8-1+. The van der Waals surface area contributed by atoms with E-state index in [2.05, 4.69) is 0 Å². The first-order valence-corrected chi connectivity index (χ1v) is 5.63. The fourth-order valence-corrected chi connectivity index (χ4v) is 1.63. The van der Waals surface area contributed by atoms with Crippen LogP contribution in [0.1, 0.15) is 5.56 Å². The summed E-state index contributed by atoms with van der Waals surface area (Å²) in [4.78, 5) is 22.9. The van der Waals surface area contributed by atoms with Crippen LogP contribution in [0.3, 0.4) is 0 Å². The smallest absolute Gasteiger partial charge is 0.315 e. The van der Waals surface area contributed by atoms with E-state index < -0.39 is 28.0 Å². The van der Waals surface area contributed by atoms with Gasteiger partial charge in [0.25, 0.3) is 5.91 Å². The summed E-state index contributed by atoms with van der Waals surface area (Å²) in [6, 6.07) is 3.65. The van der Waals surface area contributed by atoms with Crippen molar-refractivity contribution in [2.45, 2.75) is 0 Å². The molecule has 0 spiro atoms. The highest BCUT2D eigenvalue weighted by molar-refractivity contribution is 6.02. The Morgan fingerprint density at radius 3 is 2.62 bits per heavy atom. The van der Waals surface area contributed by atoms with Crippen LogP contribution in [-0.4, -0.2) is 39.4 Å². The molecule has 2 rings (SSSR count). The minimum atomic E-state index is -0.885. The molecule has 1 amide bonds. The molecule has 1 heterocycles. The van der Waals surface area contributed by atoms with E-state index in [-0.39, 0.29) is 24.6 Å². The highest BCUT2D eigenvalue weighted by Gasteiger charge is 2.25. The molecule has 0 atom stereocenters.